The zero-order valence-corrected chi connectivity index (χ0v) is 17.6. The highest BCUT2D eigenvalue weighted by molar-refractivity contribution is 9.10. The standard InChI is InChI=1S/C21H21BrF3NS/c1-12-3-9-17(22)16-8-10-18(20(12)16)26-13(2)4-5-14-6-7-15(21(23,24)25)11-19(14)27-26/h3,6-7,9,11,13,18H,4-5,8,10H2,1-2H3/t13-,18?/m0/s1. The third-order valence-corrected chi connectivity index (χ3v) is 7.84. The molecule has 2 aromatic rings. The van der Waals surface area contributed by atoms with Crippen molar-refractivity contribution < 1.29 is 13.2 Å². The van der Waals surface area contributed by atoms with E-state index < -0.39 is 11.7 Å². The molecule has 6 heteroatoms. The Kier molecular flexibility index (Phi) is 5.10. The first kappa shape index (κ1) is 19.3. The van der Waals surface area contributed by atoms with Crippen molar-refractivity contribution in [2.24, 2.45) is 0 Å². The molecule has 1 heterocycles. The molecule has 0 aromatic heterocycles. The third kappa shape index (κ3) is 3.56. The molecule has 0 fully saturated rings. The van der Waals surface area contributed by atoms with E-state index in [1.165, 1.54) is 40.8 Å². The number of hydrogen-bond acceptors (Lipinski definition) is 2. The fourth-order valence-electron chi connectivity index (χ4n) is 4.24. The lowest BCUT2D eigenvalue weighted by molar-refractivity contribution is -0.137. The highest BCUT2D eigenvalue weighted by Crippen LogP contribution is 2.48. The predicted octanol–water partition coefficient (Wildman–Crippen LogP) is 7.11. The number of halogens is 4. The summed E-state index contributed by atoms with van der Waals surface area (Å²) in [6.07, 6.45) is -0.537. The topological polar surface area (TPSA) is 3.24 Å². The summed E-state index contributed by atoms with van der Waals surface area (Å²) in [5, 5.41) is 0. The summed E-state index contributed by atoms with van der Waals surface area (Å²) in [6.45, 7) is 4.32. The minimum atomic E-state index is -4.31. The summed E-state index contributed by atoms with van der Waals surface area (Å²) in [7, 11) is 0. The van der Waals surface area contributed by atoms with Crippen LogP contribution in [0.1, 0.15) is 53.6 Å². The maximum Gasteiger partial charge on any atom is 0.416 e. The Hall–Kier alpha value is -0.980. The molecule has 1 unspecified atom stereocenters. The third-order valence-electron chi connectivity index (χ3n) is 5.69. The van der Waals surface area contributed by atoms with Gasteiger partial charge in [-0.05, 0) is 91.9 Å². The molecule has 2 aromatic carbocycles. The van der Waals surface area contributed by atoms with Gasteiger partial charge in [0.2, 0.25) is 0 Å². The summed E-state index contributed by atoms with van der Waals surface area (Å²) in [5.74, 6) is 0. The van der Waals surface area contributed by atoms with Gasteiger partial charge in [-0.3, -0.25) is 0 Å². The van der Waals surface area contributed by atoms with Crippen LogP contribution >= 0.6 is 27.9 Å². The average Bonchev–Trinajstić information content (AvgIpc) is 2.99. The zero-order valence-electron chi connectivity index (χ0n) is 15.2. The molecule has 1 aliphatic heterocycles. The second kappa shape index (κ2) is 7.12. The monoisotopic (exact) mass is 455 g/mol. The van der Waals surface area contributed by atoms with E-state index >= 15 is 0 Å². The number of hydrogen-bond donors (Lipinski definition) is 0. The summed E-state index contributed by atoms with van der Waals surface area (Å²) in [5.41, 5.74) is 4.41. The van der Waals surface area contributed by atoms with Gasteiger partial charge in [0.15, 0.2) is 0 Å². The second-order valence-corrected chi connectivity index (χ2v) is 9.37. The van der Waals surface area contributed by atoms with Crippen LogP contribution in [0.25, 0.3) is 0 Å². The highest BCUT2D eigenvalue weighted by atomic mass is 79.9. The first-order chi connectivity index (χ1) is 12.8. The van der Waals surface area contributed by atoms with Crippen molar-refractivity contribution in [3.05, 3.63) is 62.6 Å². The Bertz CT molecular complexity index is 880. The van der Waals surface area contributed by atoms with E-state index in [1.807, 2.05) is 0 Å². The van der Waals surface area contributed by atoms with Gasteiger partial charge < -0.3 is 0 Å². The molecule has 0 saturated heterocycles. The summed E-state index contributed by atoms with van der Waals surface area (Å²) < 4.78 is 43.1. The van der Waals surface area contributed by atoms with E-state index in [-0.39, 0.29) is 6.04 Å². The van der Waals surface area contributed by atoms with E-state index in [0.717, 1.165) is 40.6 Å². The van der Waals surface area contributed by atoms with Gasteiger partial charge in [0, 0.05) is 21.5 Å². The van der Waals surface area contributed by atoms with Gasteiger partial charge in [-0.15, -0.1) is 0 Å². The van der Waals surface area contributed by atoms with Gasteiger partial charge in [0.25, 0.3) is 0 Å². The molecular weight excluding hydrogens is 435 g/mol. The van der Waals surface area contributed by atoms with Gasteiger partial charge >= 0.3 is 6.18 Å². The van der Waals surface area contributed by atoms with Gasteiger partial charge in [-0.25, -0.2) is 4.31 Å². The van der Waals surface area contributed by atoms with Crippen molar-refractivity contribution >= 4 is 27.9 Å². The van der Waals surface area contributed by atoms with Crippen LogP contribution in [0.3, 0.4) is 0 Å². The summed E-state index contributed by atoms with van der Waals surface area (Å²) in [4.78, 5) is 0.746. The van der Waals surface area contributed by atoms with E-state index in [4.69, 9.17) is 0 Å². The van der Waals surface area contributed by atoms with Gasteiger partial charge in [0.1, 0.15) is 0 Å². The quantitative estimate of drug-likeness (QED) is 0.421. The molecule has 27 heavy (non-hydrogen) atoms. The molecule has 0 bridgehead atoms. The number of rotatable bonds is 1. The highest BCUT2D eigenvalue weighted by Gasteiger charge is 2.36. The van der Waals surface area contributed by atoms with Crippen LogP contribution in [0.5, 0.6) is 0 Å². The van der Waals surface area contributed by atoms with E-state index in [2.05, 4.69) is 46.2 Å². The Labute approximate surface area is 170 Å². The molecule has 1 nitrogen and oxygen atoms in total. The molecule has 0 amide bonds. The normalized spacial score (nSPS) is 23.0. The maximum absolute atomic E-state index is 13.2. The lowest BCUT2D eigenvalue weighted by Gasteiger charge is -2.33. The molecule has 0 radical (unpaired) electrons. The van der Waals surface area contributed by atoms with Crippen molar-refractivity contribution in [1.29, 1.82) is 0 Å². The molecule has 1 aliphatic carbocycles. The van der Waals surface area contributed by atoms with Gasteiger partial charge in [0.05, 0.1) is 5.56 Å². The first-order valence-corrected chi connectivity index (χ1v) is 10.8. The molecule has 144 valence electrons. The largest absolute Gasteiger partial charge is 0.416 e. The summed E-state index contributed by atoms with van der Waals surface area (Å²) in [6, 6.07) is 8.96. The van der Waals surface area contributed by atoms with Crippen LogP contribution in [0.15, 0.2) is 39.7 Å². The smallest absolute Gasteiger partial charge is 0.236 e. The Morgan fingerprint density at radius 1 is 1.11 bits per heavy atom. The number of nitrogens with zero attached hydrogens (tertiary/aromatic N) is 1. The first-order valence-electron chi connectivity index (χ1n) is 9.20. The molecule has 0 saturated carbocycles. The Balaban J connectivity index is 1.73. The average molecular weight is 456 g/mol. The minimum absolute atomic E-state index is 0.234. The van der Waals surface area contributed by atoms with Crippen LogP contribution in [-0.2, 0) is 19.0 Å². The number of benzene rings is 2. The van der Waals surface area contributed by atoms with E-state index in [9.17, 15) is 13.2 Å². The maximum atomic E-state index is 13.2. The lowest BCUT2D eigenvalue weighted by Crippen LogP contribution is -2.29. The number of alkyl halides is 3. The molecule has 0 N–H and O–H groups in total. The van der Waals surface area contributed by atoms with E-state index in [1.54, 1.807) is 6.07 Å². The van der Waals surface area contributed by atoms with Crippen molar-refractivity contribution in [3.8, 4) is 0 Å². The number of fused-ring (bicyclic) bond motifs is 2. The minimum Gasteiger partial charge on any atom is -0.236 e. The fourth-order valence-corrected chi connectivity index (χ4v) is 6.10. The van der Waals surface area contributed by atoms with Crippen LogP contribution in [0, 0.1) is 6.92 Å². The van der Waals surface area contributed by atoms with Crippen LogP contribution in [0.4, 0.5) is 13.2 Å². The lowest BCUT2D eigenvalue weighted by atomic mass is 10.00. The van der Waals surface area contributed by atoms with Crippen LogP contribution < -0.4 is 0 Å². The molecule has 2 aliphatic rings. The molecule has 2 atom stereocenters. The van der Waals surface area contributed by atoms with Crippen LogP contribution in [0.2, 0.25) is 0 Å². The second-order valence-electron chi connectivity index (χ2n) is 7.47. The molecular formula is C21H21BrF3NS. The molecule has 0 spiro atoms. The number of aryl methyl sites for hydroxylation is 2. The van der Waals surface area contributed by atoms with Crippen molar-refractivity contribution in [2.45, 2.75) is 62.7 Å². The zero-order chi connectivity index (χ0) is 19.3. The molecule has 4 rings (SSSR count). The van der Waals surface area contributed by atoms with Crippen molar-refractivity contribution in [1.82, 2.24) is 4.31 Å². The summed E-state index contributed by atoms with van der Waals surface area (Å²) >= 11 is 5.18. The predicted molar refractivity (Wildman–Crippen MR) is 107 cm³/mol. The van der Waals surface area contributed by atoms with Crippen molar-refractivity contribution in [2.75, 3.05) is 0 Å². The Morgan fingerprint density at radius 2 is 1.89 bits per heavy atom. The van der Waals surface area contributed by atoms with Gasteiger partial charge in [-0.2, -0.15) is 13.2 Å². The van der Waals surface area contributed by atoms with Gasteiger partial charge in [-0.1, -0.05) is 28.1 Å². The van der Waals surface area contributed by atoms with Crippen molar-refractivity contribution in [3.63, 3.8) is 0 Å². The SMILES string of the molecule is Cc1ccc(Br)c2c1C(N1Sc3cc(C(F)(F)F)ccc3CC[C@@H]1C)CC2. The Morgan fingerprint density at radius 3 is 2.63 bits per heavy atom. The van der Waals surface area contributed by atoms with Crippen LogP contribution in [-0.4, -0.2) is 10.3 Å². The van der Waals surface area contributed by atoms with E-state index in [0.29, 0.717) is 6.04 Å². The fraction of sp³-hybridized carbons (Fsp3) is 0.429.